The fourth-order valence-corrected chi connectivity index (χ4v) is 1.68. The lowest BCUT2D eigenvalue weighted by Crippen LogP contribution is -2.39. The lowest BCUT2D eigenvalue weighted by molar-refractivity contribution is -0.118. The van der Waals surface area contributed by atoms with E-state index < -0.39 is 18.0 Å². The number of nitrogens with one attached hydrogen (secondary N) is 1. The molecule has 19 heavy (non-hydrogen) atoms. The number of carboxylic acid groups (broad SMARTS) is 1. The molecule has 0 spiro atoms. The van der Waals surface area contributed by atoms with Gasteiger partial charge in [0.25, 0.3) is 0 Å². The Balaban J connectivity index is 2.49. The van der Waals surface area contributed by atoms with E-state index in [1.807, 2.05) is 12.1 Å². The second-order valence-electron chi connectivity index (χ2n) is 3.92. The molecule has 0 fully saturated rings. The summed E-state index contributed by atoms with van der Waals surface area (Å²) in [6.45, 7) is 0.140. The Morgan fingerprint density at radius 1 is 1.37 bits per heavy atom. The summed E-state index contributed by atoms with van der Waals surface area (Å²) < 4.78 is 6.38. The first-order valence-electron chi connectivity index (χ1n) is 5.63. The van der Waals surface area contributed by atoms with Gasteiger partial charge >= 0.3 is 6.09 Å². The van der Waals surface area contributed by atoms with Gasteiger partial charge in [-0.3, -0.25) is 4.79 Å². The van der Waals surface area contributed by atoms with Crippen molar-refractivity contribution in [2.24, 2.45) is 5.73 Å². The van der Waals surface area contributed by atoms with Crippen LogP contribution in [0.1, 0.15) is 12.8 Å². The molecule has 4 N–H and O–H groups in total. The Morgan fingerprint density at radius 3 is 2.53 bits per heavy atom. The van der Waals surface area contributed by atoms with Crippen LogP contribution in [0.5, 0.6) is 5.75 Å². The van der Waals surface area contributed by atoms with Crippen LogP contribution in [-0.4, -0.2) is 29.8 Å². The average Bonchev–Trinajstić information content (AvgIpc) is 2.34. The molecule has 7 heteroatoms. The van der Waals surface area contributed by atoms with Gasteiger partial charge in [-0.25, -0.2) is 4.79 Å². The Kier molecular flexibility index (Phi) is 6.14. The first-order valence-corrected chi connectivity index (χ1v) is 6.43. The van der Waals surface area contributed by atoms with Crippen molar-refractivity contribution in [3.05, 3.63) is 28.7 Å². The monoisotopic (exact) mass is 330 g/mol. The van der Waals surface area contributed by atoms with Crippen LogP contribution in [-0.2, 0) is 4.79 Å². The minimum atomic E-state index is -1.16. The minimum absolute atomic E-state index is 0.106. The zero-order valence-corrected chi connectivity index (χ0v) is 11.7. The molecule has 0 unspecified atom stereocenters. The van der Waals surface area contributed by atoms with Crippen molar-refractivity contribution in [2.45, 2.75) is 18.9 Å². The predicted octanol–water partition coefficient (Wildman–Crippen LogP) is 1.73. The Hall–Kier alpha value is -1.76. The van der Waals surface area contributed by atoms with Crippen molar-refractivity contribution in [3.63, 3.8) is 0 Å². The second kappa shape index (κ2) is 7.63. The summed E-state index contributed by atoms with van der Waals surface area (Å²) in [5, 5.41) is 11.0. The third-order valence-electron chi connectivity index (χ3n) is 2.33. The van der Waals surface area contributed by atoms with E-state index >= 15 is 0 Å². The molecule has 0 heterocycles. The third-order valence-corrected chi connectivity index (χ3v) is 2.86. The maximum atomic E-state index is 10.7. The maximum absolute atomic E-state index is 10.7. The third kappa shape index (κ3) is 6.66. The van der Waals surface area contributed by atoms with Gasteiger partial charge in [-0.1, -0.05) is 15.9 Å². The lowest BCUT2D eigenvalue weighted by Gasteiger charge is -2.17. The van der Waals surface area contributed by atoms with E-state index in [1.54, 1.807) is 12.1 Å². The van der Waals surface area contributed by atoms with E-state index in [4.69, 9.17) is 15.6 Å². The summed E-state index contributed by atoms with van der Waals surface area (Å²) in [6.07, 6.45) is -0.749. The molecular weight excluding hydrogens is 316 g/mol. The van der Waals surface area contributed by atoms with Crippen molar-refractivity contribution in [1.82, 2.24) is 5.32 Å². The van der Waals surface area contributed by atoms with Crippen LogP contribution in [0.25, 0.3) is 0 Å². The van der Waals surface area contributed by atoms with Crippen LogP contribution in [0.2, 0.25) is 0 Å². The van der Waals surface area contributed by atoms with E-state index in [0.29, 0.717) is 12.2 Å². The summed E-state index contributed by atoms with van der Waals surface area (Å²) in [6, 6.07) is 6.68. The molecule has 1 aromatic rings. The Morgan fingerprint density at radius 2 is 2.00 bits per heavy atom. The molecule has 0 aliphatic carbocycles. The van der Waals surface area contributed by atoms with Crippen molar-refractivity contribution < 1.29 is 19.4 Å². The van der Waals surface area contributed by atoms with Gasteiger partial charge in [-0.2, -0.15) is 0 Å². The molecule has 0 radical (unpaired) electrons. The molecular formula is C12H15BrN2O4. The number of halogens is 1. The highest BCUT2D eigenvalue weighted by molar-refractivity contribution is 9.10. The number of hydrogen-bond acceptors (Lipinski definition) is 3. The molecule has 0 saturated carbocycles. The molecule has 0 aliphatic rings. The largest absolute Gasteiger partial charge is 0.491 e. The second-order valence-corrected chi connectivity index (χ2v) is 4.83. The average molecular weight is 331 g/mol. The van der Waals surface area contributed by atoms with Crippen molar-refractivity contribution >= 4 is 27.9 Å². The molecule has 0 aromatic heterocycles. The number of carbonyl (C=O) groups is 2. The number of amides is 2. The van der Waals surface area contributed by atoms with Crippen molar-refractivity contribution in [1.29, 1.82) is 0 Å². The molecule has 0 aliphatic heterocycles. The van der Waals surface area contributed by atoms with Crippen LogP contribution < -0.4 is 15.8 Å². The zero-order valence-electron chi connectivity index (χ0n) is 10.1. The van der Waals surface area contributed by atoms with Gasteiger partial charge in [-0.15, -0.1) is 0 Å². The van der Waals surface area contributed by atoms with Gasteiger partial charge in [0, 0.05) is 10.9 Å². The van der Waals surface area contributed by atoms with Crippen molar-refractivity contribution in [3.8, 4) is 5.75 Å². The Bertz CT molecular complexity index is 436. The molecule has 6 nitrogen and oxygen atoms in total. The molecule has 2 amide bonds. The normalized spacial score (nSPS) is 11.6. The SMILES string of the molecule is NC(=O)CC[C@@H](COc1ccc(Br)cc1)NC(=O)O. The smallest absolute Gasteiger partial charge is 0.404 e. The predicted molar refractivity (Wildman–Crippen MR) is 73.0 cm³/mol. The lowest BCUT2D eigenvalue weighted by atomic mass is 10.1. The first kappa shape index (κ1) is 15.3. The van der Waals surface area contributed by atoms with Gasteiger partial charge in [0.15, 0.2) is 0 Å². The van der Waals surface area contributed by atoms with E-state index in [1.165, 1.54) is 0 Å². The maximum Gasteiger partial charge on any atom is 0.404 e. The highest BCUT2D eigenvalue weighted by Crippen LogP contribution is 2.16. The number of nitrogens with two attached hydrogens (primary N) is 1. The number of ether oxygens (including phenoxy) is 1. The highest BCUT2D eigenvalue weighted by atomic mass is 79.9. The quantitative estimate of drug-likeness (QED) is 0.708. The molecule has 104 valence electrons. The summed E-state index contributed by atoms with van der Waals surface area (Å²) in [5.74, 6) is 0.153. The number of rotatable bonds is 7. The number of carbonyl (C=O) groups excluding carboxylic acids is 1. The van der Waals surface area contributed by atoms with Crippen molar-refractivity contribution in [2.75, 3.05) is 6.61 Å². The van der Waals surface area contributed by atoms with E-state index in [9.17, 15) is 9.59 Å². The fraction of sp³-hybridized carbons (Fsp3) is 0.333. The van der Waals surface area contributed by atoms with Crippen LogP contribution in [0.3, 0.4) is 0 Å². The topological polar surface area (TPSA) is 102 Å². The summed E-state index contributed by atoms with van der Waals surface area (Å²) in [7, 11) is 0. The molecule has 0 bridgehead atoms. The van der Waals surface area contributed by atoms with Crippen LogP contribution >= 0.6 is 15.9 Å². The van der Waals surface area contributed by atoms with Crippen LogP contribution in [0.15, 0.2) is 28.7 Å². The zero-order chi connectivity index (χ0) is 14.3. The van der Waals surface area contributed by atoms with Crippen LogP contribution in [0.4, 0.5) is 4.79 Å². The Labute approximate surface area is 119 Å². The summed E-state index contributed by atoms with van der Waals surface area (Å²) >= 11 is 3.30. The van der Waals surface area contributed by atoms with Gasteiger partial charge in [0.05, 0.1) is 6.04 Å². The molecule has 1 aromatic carbocycles. The molecule has 1 rings (SSSR count). The highest BCUT2D eigenvalue weighted by Gasteiger charge is 2.13. The van der Waals surface area contributed by atoms with Gasteiger partial charge in [0.2, 0.25) is 5.91 Å². The van der Waals surface area contributed by atoms with E-state index in [-0.39, 0.29) is 13.0 Å². The molecule has 1 atom stereocenters. The number of benzene rings is 1. The first-order chi connectivity index (χ1) is 8.97. The standard InChI is InChI=1S/C12H15BrN2O4/c13-8-1-4-10(5-2-8)19-7-9(15-12(17)18)3-6-11(14)16/h1-2,4-5,9,15H,3,6-7H2,(H2,14,16)(H,17,18)/t9-/m0/s1. The van der Waals surface area contributed by atoms with Gasteiger partial charge in [-0.05, 0) is 30.7 Å². The number of primary amides is 1. The minimum Gasteiger partial charge on any atom is -0.491 e. The fourth-order valence-electron chi connectivity index (χ4n) is 1.42. The summed E-state index contributed by atoms with van der Waals surface area (Å²) in [5.41, 5.74) is 5.04. The van der Waals surface area contributed by atoms with E-state index in [2.05, 4.69) is 21.2 Å². The van der Waals surface area contributed by atoms with Crippen LogP contribution in [0, 0.1) is 0 Å². The van der Waals surface area contributed by atoms with E-state index in [0.717, 1.165) is 4.47 Å². The van der Waals surface area contributed by atoms with Gasteiger partial charge < -0.3 is 20.9 Å². The number of hydrogen-bond donors (Lipinski definition) is 3. The molecule has 0 saturated heterocycles. The summed E-state index contributed by atoms with van der Waals surface area (Å²) in [4.78, 5) is 21.3. The van der Waals surface area contributed by atoms with Gasteiger partial charge in [0.1, 0.15) is 12.4 Å².